The van der Waals surface area contributed by atoms with Gasteiger partial charge in [0.05, 0.1) is 23.0 Å². The van der Waals surface area contributed by atoms with Crippen molar-refractivity contribution in [2.24, 2.45) is 0 Å². The maximum atomic E-state index is 12.3. The summed E-state index contributed by atoms with van der Waals surface area (Å²) in [6.07, 6.45) is 2.45. The van der Waals surface area contributed by atoms with E-state index in [-0.39, 0.29) is 5.91 Å². The number of tetrazole rings is 1. The Labute approximate surface area is 155 Å². The van der Waals surface area contributed by atoms with Crippen molar-refractivity contribution in [3.63, 3.8) is 0 Å². The van der Waals surface area contributed by atoms with Gasteiger partial charge < -0.3 is 10.1 Å². The van der Waals surface area contributed by atoms with Crippen LogP contribution in [0.25, 0.3) is 5.69 Å². The van der Waals surface area contributed by atoms with E-state index < -0.39 is 0 Å². The van der Waals surface area contributed by atoms with E-state index in [0.717, 1.165) is 11.3 Å². The minimum atomic E-state index is -0.116. The number of amides is 1. The van der Waals surface area contributed by atoms with Crippen LogP contribution in [0.15, 0.2) is 48.8 Å². The standard InChI is InChI=1S/C18H18ClN5O2/c1-2-26-15-7-3-13(4-8-15)5-10-18(25)21-17-11-14(6-9-16(17)19)24-12-20-22-23-24/h3-4,6-9,11-12H,2,5,10H2,1H3,(H,21,25). The first-order chi connectivity index (χ1) is 12.7. The Bertz CT molecular complexity index is 866. The maximum Gasteiger partial charge on any atom is 0.224 e. The Morgan fingerprint density at radius 2 is 2.04 bits per heavy atom. The highest BCUT2D eigenvalue weighted by atomic mass is 35.5. The number of hydrogen-bond acceptors (Lipinski definition) is 5. The molecule has 0 fully saturated rings. The summed E-state index contributed by atoms with van der Waals surface area (Å²) in [7, 11) is 0. The van der Waals surface area contributed by atoms with E-state index >= 15 is 0 Å². The van der Waals surface area contributed by atoms with E-state index in [0.29, 0.717) is 35.8 Å². The van der Waals surface area contributed by atoms with Crippen molar-refractivity contribution in [3.8, 4) is 11.4 Å². The van der Waals surface area contributed by atoms with Crippen LogP contribution in [-0.4, -0.2) is 32.7 Å². The van der Waals surface area contributed by atoms with Crippen LogP contribution >= 0.6 is 11.6 Å². The fraction of sp³-hybridized carbons (Fsp3) is 0.222. The van der Waals surface area contributed by atoms with E-state index in [1.165, 1.54) is 11.0 Å². The largest absolute Gasteiger partial charge is 0.494 e. The molecule has 0 aliphatic rings. The number of halogens is 1. The monoisotopic (exact) mass is 371 g/mol. The van der Waals surface area contributed by atoms with Gasteiger partial charge in [-0.3, -0.25) is 4.79 Å². The second-order valence-corrected chi connectivity index (χ2v) is 5.95. The highest BCUT2D eigenvalue weighted by molar-refractivity contribution is 6.33. The summed E-state index contributed by atoms with van der Waals surface area (Å²) in [6.45, 7) is 2.57. The van der Waals surface area contributed by atoms with Gasteiger partial charge in [0.1, 0.15) is 12.1 Å². The first kappa shape index (κ1) is 17.9. The normalized spacial score (nSPS) is 10.5. The Morgan fingerprint density at radius 3 is 2.73 bits per heavy atom. The lowest BCUT2D eigenvalue weighted by molar-refractivity contribution is -0.116. The second-order valence-electron chi connectivity index (χ2n) is 5.54. The van der Waals surface area contributed by atoms with Crippen LogP contribution in [0.4, 0.5) is 5.69 Å². The molecule has 0 unspecified atom stereocenters. The summed E-state index contributed by atoms with van der Waals surface area (Å²) < 4.78 is 6.90. The van der Waals surface area contributed by atoms with E-state index in [2.05, 4.69) is 20.8 Å². The molecule has 0 saturated carbocycles. The molecule has 0 aliphatic carbocycles. The number of aromatic nitrogens is 4. The predicted molar refractivity (Wildman–Crippen MR) is 98.7 cm³/mol. The van der Waals surface area contributed by atoms with Crippen LogP contribution in [0.1, 0.15) is 18.9 Å². The van der Waals surface area contributed by atoms with E-state index in [1.54, 1.807) is 18.2 Å². The topological polar surface area (TPSA) is 81.9 Å². The van der Waals surface area contributed by atoms with Crippen molar-refractivity contribution in [1.82, 2.24) is 20.2 Å². The minimum Gasteiger partial charge on any atom is -0.494 e. The van der Waals surface area contributed by atoms with E-state index in [4.69, 9.17) is 16.3 Å². The zero-order valence-corrected chi connectivity index (χ0v) is 15.0. The highest BCUT2D eigenvalue weighted by Crippen LogP contribution is 2.24. The molecule has 1 N–H and O–H groups in total. The molecular formula is C18H18ClN5O2. The van der Waals surface area contributed by atoms with Gasteiger partial charge in [-0.25, -0.2) is 4.68 Å². The van der Waals surface area contributed by atoms with Gasteiger partial charge >= 0.3 is 0 Å². The van der Waals surface area contributed by atoms with Gasteiger partial charge in [-0.15, -0.1) is 5.10 Å². The minimum absolute atomic E-state index is 0.116. The third-order valence-electron chi connectivity index (χ3n) is 3.71. The molecule has 0 spiro atoms. The van der Waals surface area contributed by atoms with Crippen molar-refractivity contribution in [2.45, 2.75) is 19.8 Å². The molecule has 2 aromatic carbocycles. The smallest absolute Gasteiger partial charge is 0.224 e. The lowest BCUT2D eigenvalue weighted by atomic mass is 10.1. The number of rotatable bonds is 7. The SMILES string of the molecule is CCOc1ccc(CCC(=O)Nc2cc(-n3cnnn3)ccc2Cl)cc1. The number of carbonyl (C=O) groups excluding carboxylic acids is 1. The molecule has 8 heteroatoms. The Hall–Kier alpha value is -2.93. The number of nitrogens with zero attached hydrogens (tertiary/aromatic N) is 4. The average molecular weight is 372 g/mol. The van der Waals surface area contributed by atoms with Crippen molar-refractivity contribution in [2.75, 3.05) is 11.9 Å². The first-order valence-electron chi connectivity index (χ1n) is 8.20. The molecule has 0 aliphatic heterocycles. The predicted octanol–water partition coefficient (Wildman–Crippen LogP) is 3.29. The summed E-state index contributed by atoms with van der Waals surface area (Å²) in [5, 5.41) is 14.3. The van der Waals surface area contributed by atoms with Crippen LogP contribution < -0.4 is 10.1 Å². The fourth-order valence-corrected chi connectivity index (χ4v) is 2.59. The molecule has 0 bridgehead atoms. The van der Waals surface area contributed by atoms with Crippen LogP contribution in [0.3, 0.4) is 0 Å². The van der Waals surface area contributed by atoms with Crippen LogP contribution in [0.5, 0.6) is 5.75 Å². The van der Waals surface area contributed by atoms with Crippen molar-refractivity contribution in [3.05, 3.63) is 59.4 Å². The van der Waals surface area contributed by atoms with Gasteiger partial charge in [0.2, 0.25) is 5.91 Å². The van der Waals surface area contributed by atoms with Gasteiger partial charge in [-0.1, -0.05) is 23.7 Å². The molecule has 1 amide bonds. The third-order valence-corrected chi connectivity index (χ3v) is 4.04. The molecule has 0 atom stereocenters. The summed E-state index contributed by atoms with van der Waals surface area (Å²) in [4.78, 5) is 12.3. The summed E-state index contributed by atoms with van der Waals surface area (Å²) in [5.74, 6) is 0.710. The molecule has 1 aromatic heterocycles. The number of nitrogens with one attached hydrogen (secondary N) is 1. The lowest BCUT2D eigenvalue weighted by Crippen LogP contribution is -2.13. The maximum absolute atomic E-state index is 12.3. The highest BCUT2D eigenvalue weighted by Gasteiger charge is 2.09. The van der Waals surface area contributed by atoms with Crippen molar-refractivity contribution >= 4 is 23.2 Å². The molecule has 0 saturated heterocycles. The number of aryl methyl sites for hydroxylation is 1. The van der Waals surface area contributed by atoms with E-state index in [1.807, 2.05) is 31.2 Å². The zero-order chi connectivity index (χ0) is 18.4. The quantitative estimate of drug-likeness (QED) is 0.689. The molecule has 0 radical (unpaired) electrons. The van der Waals surface area contributed by atoms with Crippen LogP contribution in [-0.2, 0) is 11.2 Å². The summed E-state index contributed by atoms with van der Waals surface area (Å²) >= 11 is 6.18. The number of benzene rings is 2. The molecular weight excluding hydrogens is 354 g/mol. The molecule has 7 nitrogen and oxygen atoms in total. The number of carbonyl (C=O) groups is 1. The Kier molecular flexibility index (Phi) is 5.80. The van der Waals surface area contributed by atoms with Crippen LogP contribution in [0, 0.1) is 0 Å². The molecule has 134 valence electrons. The van der Waals surface area contributed by atoms with Crippen molar-refractivity contribution < 1.29 is 9.53 Å². The van der Waals surface area contributed by atoms with Gasteiger partial charge in [0.15, 0.2) is 0 Å². The summed E-state index contributed by atoms with van der Waals surface area (Å²) in [5.41, 5.74) is 2.30. The van der Waals surface area contributed by atoms with E-state index in [9.17, 15) is 4.79 Å². The average Bonchev–Trinajstić information content (AvgIpc) is 3.18. The van der Waals surface area contributed by atoms with Gasteiger partial charge in [0.25, 0.3) is 0 Å². The van der Waals surface area contributed by atoms with Crippen LogP contribution in [0.2, 0.25) is 5.02 Å². The molecule has 1 heterocycles. The first-order valence-corrected chi connectivity index (χ1v) is 8.58. The number of anilines is 1. The number of hydrogen-bond donors (Lipinski definition) is 1. The Balaban J connectivity index is 1.60. The lowest BCUT2D eigenvalue weighted by Gasteiger charge is -2.09. The van der Waals surface area contributed by atoms with Gasteiger partial charge in [0, 0.05) is 6.42 Å². The zero-order valence-electron chi connectivity index (χ0n) is 14.2. The molecule has 26 heavy (non-hydrogen) atoms. The van der Waals surface area contributed by atoms with Crippen molar-refractivity contribution in [1.29, 1.82) is 0 Å². The Morgan fingerprint density at radius 1 is 1.23 bits per heavy atom. The number of ether oxygens (including phenoxy) is 1. The van der Waals surface area contributed by atoms with Gasteiger partial charge in [-0.05, 0) is 59.7 Å². The third kappa shape index (κ3) is 4.58. The fourth-order valence-electron chi connectivity index (χ4n) is 2.42. The molecule has 3 aromatic rings. The summed E-state index contributed by atoms with van der Waals surface area (Å²) in [6, 6.07) is 12.9. The molecule has 3 rings (SSSR count). The van der Waals surface area contributed by atoms with Gasteiger partial charge in [-0.2, -0.15) is 0 Å². The second kappa shape index (κ2) is 8.44.